The zero-order valence-electron chi connectivity index (χ0n) is 10.6. The molecule has 0 aromatic carbocycles. The van der Waals surface area contributed by atoms with E-state index >= 15 is 0 Å². The fraction of sp³-hybridized carbons (Fsp3) is 0.917. The molecule has 1 saturated carbocycles. The number of methoxy groups -OCH3 is 1. The Kier molecular flexibility index (Phi) is 6.06. The summed E-state index contributed by atoms with van der Waals surface area (Å²) >= 11 is 5.28. The molecule has 0 saturated heterocycles. The first-order chi connectivity index (χ1) is 7.63. The van der Waals surface area contributed by atoms with Crippen LogP contribution in [0.2, 0.25) is 0 Å². The van der Waals surface area contributed by atoms with Gasteiger partial charge < -0.3 is 15.4 Å². The van der Waals surface area contributed by atoms with Gasteiger partial charge in [-0.1, -0.05) is 12.8 Å². The monoisotopic (exact) mass is 244 g/mol. The lowest BCUT2D eigenvalue weighted by Crippen LogP contribution is -2.47. The molecule has 0 radical (unpaired) electrons. The Labute approximate surface area is 104 Å². The third kappa shape index (κ3) is 4.66. The molecule has 3 nitrogen and oxygen atoms in total. The van der Waals surface area contributed by atoms with Crippen molar-refractivity contribution < 1.29 is 4.74 Å². The van der Waals surface area contributed by atoms with E-state index in [4.69, 9.17) is 17.0 Å². The molecule has 16 heavy (non-hydrogen) atoms. The van der Waals surface area contributed by atoms with E-state index in [0.29, 0.717) is 12.6 Å². The van der Waals surface area contributed by atoms with Crippen molar-refractivity contribution in [1.82, 2.24) is 10.6 Å². The molecule has 2 unspecified atom stereocenters. The Morgan fingerprint density at radius 2 is 1.94 bits per heavy atom. The van der Waals surface area contributed by atoms with Crippen LogP contribution in [0.3, 0.4) is 0 Å². The summed E-state index contributed by atoms with van der Waals surface area (Å²) in [7, 11) is 1.70. The average molecular weight is 244 g/mol. The molecule has 0 bridgehead atoms. The van der Waals surface area contributed by atoms with Gasteiger partial charge in [-0.3, -0.25) is 0 Å². The molecule has 1 rings (SSSR count). The molecule has 94 valence electrons. The van der Waals surface area contributed by atoms with Gasteiger partial charge in [0, 0.05) is 19.2 Å². The van der Waals surface area contributed by atoms with Gasteiger partial charge in [-0.15, -0.1) is 0 Å². The first-order valence-electron chi connectivity index (χ1n) is 6.19. The van der Waals surface area contributed by atoms with Crippen LogP contribution in [0.1, 0.15) is 39.5 Å². The SMILES string of the molecule is COCC(C)NC(=S)NC(C)C1CCCC1. The molecule has 4 heteroatoms. The molecule has 0 aromatic rings. The second-order valence-electron chi connectivity index (χ2n) is 4.81. The van der Waals surface area contributed by atoms with Gasteiger partial charge in [0.05, 0.1) is 6.61 Å². The number of nitrogens with one attached hydrogen (secondary N) is 2. The lowest BCUT2D eigenvalue weighted by Gasteiger charge is -2.24. The van der Waals surface area contributed by atoms with Crippen LogP contribution in [-0.2, 0) is 4.74 Å². The molecule has 0 aromatic heterocycles. The van der Waals surface area contributed by atoms with Crippen molar-refractivity contribution in [3.8, 4) is 0 Å². The van der Waals surface area contributed by atoms with Gasteiger partial charge in [-0.05, 0) is 44.8 Å². The van der Waals surface area contributed by atoms with E-state index in [1.165, 1.54) is 25.7 Å². The summed E-state index contributed by atoms with van der Waals surface area (Å²) < 4.78 is 5.06. The van der Waals surface area contributed by atoms with Crippen molar-refractivity contribution in [2.45, 2.75) is 51.6 Å². The molecule has 1 aliphatic rings. The van der Waals surface area contributed by atoms with Crippen LogP contribution in [0.4, 0.5) is 0 Å². The maximum absolute atomic E-state index is 5.28. The molecule has 2 atom stereocenters. The Morgan fingerprint density at radius 1 is 1.31 bits per heavy atom. The van der Waals surface area contributed by atoms with Gasteiger partial charge in [0.25, 0.3) is 0 Å². The van der Waals surface area contributed by atoms with E-state index < -0.39 is 0 Å². The third-order valence-electron chi connectivity index (χ3n) is 3.26. The second-order valence-corrected chi connectivity index (χ2v) is 5.22. The maximum atomic E-state index is 5.28. The van der Waals surface area contributed by atoms with Crippen LogP contribution in [-0.4, -0.2) is 30.9 Å². The van der Waals surface area contributed by atoms with Gasteiger partial charge in [-0.2, -0.15) is 0 Å². The zero-order chi connectivity index (χ0) is 12.0. The molecule has 2 N–H and O–H groups in total. The normalized spacial score (nSPS) is 20.4. The van der Waals surface area contributed by atoms with Gasteiger partial charge in [0.2, 0.25) is 0 Å². The Morgan fingerprint density at radius 3 is 2.50 bits per heavy atom. The molecular weight excluding hydrogens is 220 g/mol. The first-order valence-corrected chi connectivity index (χ1v) is 6.60. The van der Waals surface area contributed by atoms with Crippen molar-refractivity contribution in [2.75, 3.05) is 13.7 Å². The Bertz CT molecular complexity index is 217. The van der Waals surface area contributed by atoms with Crippen LogP contribution in [0.25, 0.3) is 0 Å². The maximum Gasteiger partial charge on any atom is 0.166 e. The van der Waals surface area contributed by atoms with Gasteiger partial charge >= 0.3 is 0 Å². The summed E-state index contributed by atoms with van der Waals surface area (Å²) in [5.74, 6) is 0.789. The van der Waals surface area contributed by atoms with Crippen LogP contribution in [0, 0.1) is 5.92 Å². The highest BCUT2D eigenvalue weighted by Crippen LogP contribution is 2.27. The second kappa shape index (κ2) is 7.07. The van der Waals surface area contributed by atoms with E-state index in [1.54, 1.807) is 7.11 Å². The Hall–Kier alpha value is -0.350. The first kappa shape index (κ1) is 13.7. The highest BCUT2D eigenvalue weighted by molar-refractivity contribution is 7.80. The summed E-state index contributed by atoms with van der Waals surface area (Å²) in [4.78, 5) is 0. The quantitative estimate of drug-likeness (QED) is 0.725. The van der Waals surface area contributed by atoms with Gasteiger partial charge in [0.15, 0.2) is 5.11 Å². The van der Waals surface area contributed by atoms with Crippen molar-refractivity contribution in [3.05, 3.63) is 0 Å². The number of thiocarbonyl (C=S) groups is 1. The third-order valence-corrected chi connectivity index (χ3v) is 3.50. The highest BCUT2D eigenvalue weighted by Gasteiger charge is 2.21. The number of rotatable bonds is 5. The predicted octanol–water partition coefficient (Wildman–Crippen LogP) is 2.06. The fourth-order valence-electron chi connectivity index (χ4n) is 2.34. The standard InChI is InChI=1S/C12H24N2OS/c1-9(8-15-3)13-12(16)14-10(2)11-6-4-5-7-11/h9-11H,4-8H2,1-3H3,(H2,13,14,16). The smallest absolute Gasteiger partial charge is 0.166 e. The van der Waals surface area contributed by atoms with Crippen LogP contribution < -0.4 is 10.6 Å². The lowest BCUT2D eigenvalue weighted by molar-refractivity contribution is 0.179. The zero-order valence-corrected chi connectivity index (χ0v) is 11.4. The summed E-state index contributed by atoms with van der Waals surface area (Å²) in [5.41, 5.74) is 0. The minimum Gasteiger partial charge on any atom is -0.383 e. The van der Waals surface area contributed by atoms with Crippen molar-refractivity contribution in [3.63, 3.8) is 0 Å². The summed E-state index contributed by atoms with van der Waals surface area (Å²) in [5, 5.41) is 7.36. The molecular formula is C12H24N2OS. The molecule has 0 amide bonds. The molecule has 0 spiro atoms. The summed E-state index contributed by atoms with van der Waals surface area (Å²) in [6.07, 6.45) is 5.42. The predicted molar refractivity (Wildman–Crippen MR) is 71.6 cm³/mol. The molecule has 1 aliphatic carbocycles. The average Bonchev–Trinajstić information content (AvgIpc) is 2.69. The summed E-state index contributed by atoms with van der Waals surface area (Å²) in [6.45, 7) is 4.97. The van der Waals surface area contributed by atoms with Crippen LogP contribution in [0.5, 0.6) is 0 Å². The van der Waals surface area contributed by atoms with Crippen molar-refractivity contribution >= 4 is 17.3 Å². The van der Waals surface area contributed by atoms with E-state index in [0.717, 1.165) is 11.0 Å². The van der Waals surface area contributed by atoms with Crippen molar-refractivity contribution in [2.24, 2.45) is 5.92 Å². The fourth-order valence-corrected chi connectivity index (χ4v) is 2.73. The number of ether oxygens (including phenoxy) is 1. The van der Waals surface area contributed by atoms with Crippen LogP contribution >= 0.6 is 12.2 Å². The molecule has 0 heterocycles. The minimum atomic E-state index is 0.265. The largest absolute Gasteiger partial charge is 0.383 e. The number of hydrogen-bond acceptors (Lipinski definition) is 2. The lowest BCUT2D eigenvalue weighted by atomic mass is 10.0. The van der Waals surface area contributed by atoms with E-state index in [1.807, 2.05) is 0 Å². The Balaban J connectivity index is 2.22. The molecule has 1 fully saturated rings. The van der Waals surface area contributed by atoms with E-state index in [9.17, 15) is 0 Å². The van der Waals surface area contributed by atoms with E-state index in [-0.39, 0.29) is 6.04 Å². The number of hydrogen-bond donors (Lipinski definition) is 2. The molecule has 0 aliphatic heterocycles. The van der Waals surface area contributed by atoms with E-state index in [2.05, 4.69) is 24.5 Å². The van der Waals surface area contributed by atoms with Crippen LogP contribution in [0.15, 0.2) is 0 Å². The highest BCUT2D eigenvalue weighted by atomic mass is 32.1. The minimum absolute atomic E-state index is 0.265. The van der Waals surface area contributed by atoms with Gasteiger partial charge in [-0.25, -0.2) is 0 Å². The summed E-state index contributed by atoms with van der Waals surface area (Å²) in [6, 6.07) is 0.748. The van der Waals surface area contributed by atoms with Gasteiger partial charge in [0.1, 0.15) is 0 Å². The topological polar surface area (TPSA) is 33.3 Å². The van der Waals surface area contributed by atoms with Crippen molar-refractivity contribution in [1.29, 1.82) is 0 Å².